The average molecular weight is 284 g/mol. The van der Waals surface area contributed by atoms with Gasteiger partial charge in [-0.3, -0.25) is 4.98 Å². The van der Waals surface area contributed by atoms with Crippen LogP contribution in [0.2, 0.25) is 5.02 Å². The van der Waals surface area contributed by atoms with E-state index < -0.39 is 11.8 Å². The molecule has 0 aliphatic rings. The summed E-state index contributed by atoms with van der Waals surface area (Å²) in [6.45, 7) is 1.91. The Labute approximate surface area is 114 Å². The molecule has 0 saturated heterocycles. The second-order valence-electron chi connectivity index (χ2n) is 3.68. The molecule has 0 N–H and O–H groups in total. The van der Waals surface area contributed by atoms with Gasteiger partial charge in [0, 0.05) is 11.6 Å². The molecule has 0 fully saturated rings. The molecule has 4 nitrogen and oxygen atoms in total. The van der Waals surface area contributed by atoms with Crippen molar-refractivity contribution in [2.75, 3.05) is 13.7 Å². The minimum Gasteiger partial charge on any atom is -0.494 e. The number of hydrogen-bond acceptors (Lipinski definition) is 4. The van der Waals surface area contributed by atoms with Gasteiger partial charge in [-0.15, -0.1) is 0 Å². The quantitative estimate of drug-likeness (QED) is 0.812. The highest BCUT2D eigenvalue weighted by Gasteiger charge is 2.18. The van der Waals surface area contributed by atoms with Crippen molar-refractivity contribution in [2.24, 2.45) is 0 Å². The van der Waals surface area contributed by atoms with E-state index in [2.05, 4.69) is 4.98 Å². The van der Waals surface area contributed by atoms with Crippen LogP contribution < -0.4 is 4.74 Å². The van der Waals surface area contributed by atoms with Crippen molar-refractivity contribution in [1.82, 2.24) is 4.98 Å². The first-order valence-corrected chi connectivity index (χ1v) is 5.95. The summed E-state index contributed by atoms with van der Waals surface area (Å²) in [4.78, 5) is 15.6. The number of ether oxygens (including phenoxy) is 2. The third kappa shape index (κ3) is 2.33. The lowest BCUT2D eigenvalue weighted by atomic mass is 10.1. The van der Waals surface area contributed by atoms with Crippen molar-refractivity contribution >= 4 is 28.5 Å². The molecule has 1 aromatic carbocycles. The molecule has 0 unspecified atom stereocenters. The SMILES string of the molecule is CCOC(=O)c1cnc2c(F)c(OC)ccc2c1Cl. The van der Waals surface area contributed by atoms with Crippen LogP contribution >= 0.6 is 11.6 Å². The van der Waals surface area contributed by atoms with E-state index in [-0.39, 0.29) is 28.5 Å². The second-order valence-corrected chi connectivity index (χ2v) is 4.06. The van der Waals surface area contributed by atoms with Gasteiger partial charge in [0.25, 0.3) is 0 Å². The molecule has 1 aromatic heterocycles. The first-order valence-electron chi connectivity index (χ1n) is 5.58. The van der Waals surface area contributed by atoms with Gasteiger partial charge >= 0.3 is 5.97 Å². The maximum atomic E-state index is 14.0. The smallest absolute Gasteiger partial charge is 0.341 e. The number of aromatic nitrogens is 1. The van der Waals surface area contributed by atoms with Crippen molar-refractivity contribution in [1.29, 1.82) is 0 Å². The fraction of sp³-hybridized carbons (Fsp3) is 0.231. The molecule has 1 heterocycles. The number of fused-ring (bicyclic) bond motifs is 1. The standard InChI is InChI=1S/C13H11ClFNO3/c1-3-19-13(17)8-6-16-12-7(10(8)14)4-5-9(18-2)11(12)15/h4-6H,3H2,1-2H3. The van der Waals surface area contributed by atoms with Crippen molar-refractivity contribution in [3.05, 3.63) is 34.7 Å². The van der Waals surface area contributed by atoms with Gasteiger partial charge in [-0.2, -0.15) is 0 Å². The number of rotatable bonds is 3. The van der Waals surface area contributed by atoms with Gasteiger partial charge in [0.2, 0.25) is 0 Å². The number of esters is 1. The van der Waals surface area contributed by atoms with E-state index in [0.29, 0.717) is 5.39 Å². The highest BCUT2D eigenvalue weighted by molar-refractivity contribution is 6.38. The number of nitrogens with zero attached hydrogens (tertiary/aromatic N) is 1. The van der Waals surface area contributed by atoms with E-state index in [1.165, 1.54) is 19.4 Å². The summed E-state index contributed by atoms with van der Waals surface area (Å²) >= 11 is 6.09. The number of carbonyl (C=O) groups excluding carboxylic acids is 1. The lowest BCUT2D eigenvalue weighted by molar-refractivity contribution is 0.0526. The fourth-order valence-corrected chi connectivity index (χ4v) is 1.97. The number of pyridine rings is 1. The zero-order valence-electron chi connectivity index (χ0n) is 10.4. The van der Waals surface area contributed by atoms with Gasteiger partial charge in [0.05, 0.1) is 24.3 Å². The summed E-state index contributed by atoms with van der Waals surface area (Å²) < 4.78 is 23.7. The molecule has 19 heavy (non-hydrogen) atoms. The topological polar surface area (TPSA) is 48.4 Å². The average Bonchev–Trinajstić information content (AvgIpc) is 2.40. The van der Waals surface area contributed by atoms with Crippen LogP contribution in [0.1, 0.15) is 17.3 Å². The molecule has 0 spiro atoms. The van der Waals surface area contributed by atoms with Gasteiger partial charge in [0.15, 0.2) is 11.6 Å². The molecule has 0 aliphatic carbocycles. The summed E-state index contributed by atoms with van der Waals surface area (Å²) in [5.41, 5.74) is 0.165. The lowest BCUT2D eigenvalue weighted by Crippen LogP contribution is -2.06. The van der Waals surface area contributed by atoms with Crippen molar-refractivity contribution < 1.29 is 18.7 Å². The molecular weight excluding hydrogens is 273 g/mol. The van der Waals surface area contributed by atoms with Crippen molar-refractivity contribution in [2.45, 2.75) is 6.92 Å². The van der Waals surface area contributed by atoms with Crippen LogP contribution in [0.15, 0.2) is 18.3 Å². The summed E-state index contributed by atoms with van der Waals surface area (Å²) in [6.07, 6.45) is 1.20. The highest BCUT2D eigenvalue weighted by Crippen LogP contribution is 2.31. The first kappa shape index (κ1) is 13.5. The lowest BCUT2D eigenvalue weighted by Gasteiger charge is -2.09. The van der Waals surface area contributed by atoms with E-state index in [1.54, 1.807) is 13.0 Å². The Kier molecular flexibility index (Phi) is 3.85. The largest absolute Gasteiger partial charge is 0.494 e. The molecule has 0 atom stereocenters. The summed E-state index contributed by atoms with van der Waals surface area (Å²) in [6, 6.07) is 2.98. The summed E-state index contributed by atoms with van der Waals surface area (Å²) in [5.74, 6) is -1.13. The molecule has 2 aromatic rings. The Morgan fingerprint density at radius 3 is 2.84 bits per heavy atom. The Bertz CT molecular complexity index is 645. The van der Waals surface area contributed by atoms with Crippen LogP contribution in [0.4, 0.5) is 4.39 Å². The van der Waals surface area contributed by atoms with E-state index in [9.17, 15) is 9.18 Å². The number of benzene rings is 1. The van der Waals surface area contributed by atoms with E-state index in [0.717, 1.165) is 0 Å². The predicted molar refractivity (Wildman–Crippen MR) is 69.2 cm³/mol. The van der Waals surface area contributed by atoms with Crippen LogP contribution in [-0.4, -0.2) is 24.7 Å². The predicted octanol–water partition coefficient (Wildman–Crippen LogP) is 3.21. The van der Waals surface area contributed by atoms with Crippen LogP contribution in [-0.2, 0) is 4.74 Å². The third-order valence-corrected chi connectivity index (χ3v) is 3.00. The molecule has 0 bridgehead atoms. The van der Waals surface area contributed by atoms with Gasteiger partial charge in [-0.25, -0.2) is 9.18 Å². The maximum absolute atomic E-state index is 14.0. The van der Waals surface area contributed by atoms with E-state index in [1.807, 2.05) is 0 Å². The Morgan fingerprint density at radius 1 is 1.47 bits per heavy atom. The van der Waals surface area contributed by atoms with Crippen LogP contribution in [0.3, 0.4) is 0 Å². The maximum Gasteiger partial charge on any atom is 0.341 e. The molecule has 100 valence electrons. The number of carbonyl (C=O) groups is 1. The zero-order chi connectivity index (χ0) is 14.0. The van der Waals surface area contributed by atoms with Crippen molar-refractivity contribution in [3.63, 3.8) is 0 Å². The summed E-state index contributed by atoms with van der Waals surface area (Å²) in [7, 11) is 1.36. The molecule has 6 heteroatoms. The summed E-state index contributed by atoms with van der Waals surface area (Å²) in [5, 5.41) is 0.454. The zero-order valence-corrected chi connectivity index (χ0v) is 11.1. The third-order valence-electron chi connectivity index (χ3n) is 2.59. The minimum atomic E-state index is -0.614. The van der Waals surface area contributed by atoms with Gasteiger partial charge < -0.3 is 9.47 Å². The molecule has 0 saturated carbocycles. The van der Waals surface area contributed by atoms with Crippen LogP contribution in [0.5, 0.6) is 5.75 Å². The Balaban J connectivity index is 2.63. The van der Waals surface area contributed by atoms with E-state index in [4.69, 9.17) is 21.1 Å². The molecule has 2 rings (SSSR count). The molecule has 0 aliphatic heterocycles. The van der Waals surface area contributed by atoms with E-state index >= 15 is 0 Å². The highest BCUT2D eigenvalue weighted by atomic mass is 35.5. The van der Waals surface area contributed by atoms with Crippen LogP contribution in [0, 0.1) is 5.82 Å². The number of halogens is 2. The monoisotopic (exact) mass is 283 g/mol. The van der Waals surface area contributed by atoms with Gasteiger partial charge in [-0.05, 0) is 19.1 Å². The Morgan fingerprint density at radius 2 is 2.21 bits per heavy atom. The number of hydrogen-bond donors (Lipinski definition) is 0. The minimum absolute atomic E-state index is 0.0531. The van der Waals surface area contributed by atoms with Crippen LogP contribution in [0.25, 0.3) is 10.9 Å². The van der Waals surface area contributed by atoms with Gasteiger partial charge in [-0.1, -0.05) is 11.6 Å². The Hall–Kier alpha value is -1.88. The number of methoxy groups -OCH3 is 1. The van der Waals surface area contributed by atoms with Crippen molar-refractivity contribution in [3.8, 4) is 5.75 Å². The molecule has 0 radical (unpaired) electrons. The molecule has 0 amide bonds. The molecular formula is C13H11ClFNO3. The van der Waals surface area contributed by atoms with Gasteiger partial charge in [0.1, 0.15) is 5.52 Å². The second kappa shape index (κ2) is 5.40. The fourth-order valence-electron chi connectivity index (χ4n) is 1.69. The normalized spacial score (nSPS) is 10.5. The first-order chi connectivity index (χ1) is 9.10.